The third-order valence-electron chi connectivity index (χ3n) is 2.53. The van der Waals surface area contributed by atoms with E-state index >= 15 is 0 Å². The van der Waals surface area contributed by atoms with Gasteiger partial charge in [0.1, 0.15) is 11.6 Å². The van der Waals surface area contributed by atoms with E-state index in [2.05, 4.69) is 10.3 Å². The summed E-state index contributed by atoms with van der Waals surface area (Å²) in [4.78, 5) is 14.2. The first-order valence-electron chi connectivity index (χ1n) is 5.52. The van der Waals surface area contributed by atoms with E-state index in [0.717, 1.165) is 5.56 Å². The molecule has 1 heterocycles. The number of nitro groups is 1. The SMILES string of the molecule is N#Cc1ccc(NCc2cccnc2)cc1[N+](=O)[O-]. The number of pyridine rings is 1. The van der Waals surface area contributed by atoms with Crippen molar-refractivity contribution < 1.29 is 4.92 Å². The minimum absolute atomic E-state index is 0.0527. The number of benzene rings is 1. The second-order valence-electron chi connectivity index (χ2n) is 3.82. The summed E-state index contributed by atoms with van der Waals surface area (Å²) >= 11 is 0. The molecule has 6 heteroatoms. The maximum absolute atomic E-state index is 10.8. The topological polar surface area (TPSA) is 91.8 Å². The third-order valence-corrected chi connectivity index (χ3v) is 2.53. The summed E-state index contributed by atoms with van der Waals surface area (Å²) in [6.45, 7) is 0.511. The summed E-state index contributed by atoms with van der Waals surface area (Å²) in [6, 6.07) is 9.95. The number of aromatic nitrogens is 1. The van der Waals surface area contributed by atoms with Crippen LogP contribution in [0.2, 0.25) is 0 Å². The van der Waals surface area contributed by atoms with E-state index in [9.17, 15) is 10.1 Å². The molecule has 0 atom stereocenters. The quantitative estimate of drug-likeness (QED) is 0.668. The maximum Gasteiger partial charge on any atom is 0.289 e. The lowest BCUT2D eigenvalue weighted by molar-refractivity contribution is -0.385. The van der Waals surface area contributed by atoms with Crippen LogP contribution < -0.4 is 5.32 Å². The molecule has 0 aliphatic carbocycles. The minimum Gasteiger partial charge on any atom is -0.381 e. The van der Waals surface area contributed by atoms with Crippen molar-refractivity contribution >= 4 is 11.4 Å². The molecule has 1 N–H and O–H groups in total. The first-order chi connectivity index (χ1) is 9.20. The molecule has 0 unspecified atom stereocenters. The van der Waals surface area contributed by atoms with Crippen LogP contribution in [-0.4, -0.2) is 9.91 Å². The van der Waals surface area contributed by atoms with Gasteiger partial charge in [-0.1, -0.05) is 6.07 Å². The molecule has 0 aliphatic rings. The number of nitriles is 1. The van der Waals surface area contributed by atoms with Crippen LogP contribution in [0.15, 0.2) is 42.7 Å². The fourth-order valence-electron chi connectivity index (χ4n) is 1.59. The first kappa shape index (κ1) is 12.5. The highest BCUT2D eigenvalue weighted by Gasteiger charge is 2.13. The second-order valence-corrected chi connectivity index (χ2v) is 3.82. The zero-order valence-electron chi connectivity index (χ0n) is 9.91. The van der Waals surface area contributed by atoms with E-state index in [4.69, 9.17) is 5.26 Å². The molecule has 94 valence electrons. The Morgan fingerprint density at radius 3 is 2.89 bits per heavy atom. The molecule has 0 aliphatic heterocycles. The molecule has 0 saturated heterocycles. The lowest BCUT2D eigenvalue weighted by Crippen LogP contribution is -2.01. The van der Waals surface area contributed by atoms with Crippen LogP contribution in [0.4, 0.5) is 11.4 Å². The normalized spacial score (nSPS) is 9.63. The van der Waals surface area contributed by atoms with Crippen molar-refractivity contribution in [2.75, 3.05) is 5.32 Å². The smallest absolute Gasteiger partial charge is 0.289 e. The maximum atomic E-state index is 10.8. The Labute approximate surface area is 109 Å². The van der Waals surface area contributed by atoms with Gasteiger partial charge in [-0.3, -0.25) is 15.1 Å². The highest BCUT2D eigenvalue weighted by molar-refractivity contribution is 5.59. The van der Waals surface area contributed by atoms with Gasteiger partial charge < -0.3 is 5.32 Å². The molecular weight excluding hydrogens is 244 g/mol. The molecule has 0 fully saturated rings. The highest BCUT2D eigenvalue weighted by atomic mass is 16.6. The van der Waals surface area contributed by atoms with E-state index in [1.165, 1.54) is 12.1 Å². The van der Waals surface area contributed by atoms with Crippen LogP contribution in [0.25, 0.3) is 0 Å². The van der Waals surface area contributed by atoms with Crippen LogP contribution in [0.5, 0.6) is 0 Å². The lowest BCUT2D eigenvalue weighted by Gasteiger charge is -2.06. The highest BCUT2D eigenvalue weighted by Crippen LogP contribution is 2.22. The Bertz CT molecular complexity index is 635. The van der Waals surface area contributed by atoms with E-state index in [-0.39, 0.29) is 11.3 Å². The zero-order chi connectivity index (χ0) is 13.7. The van der Waals surface area contributed by atoms with Gasteiger partial charge in [0, 0.05) is 30.7 Å². The van der Waals surface area contributed by atoms with E-state index < -0.39 is 4.92 Å². The fourth-order valence-corrected chi connectivity index (χ4v) is 1.59. The van der Waals surface area contributed by atoms with Gasteiger partial charge in [-0.25, -0.2) is 0 Å². The van der Waals surface area contributed by atoms with Crippen molar-refractivity contribution in [3.8, 4) is 6.07 Å². The molecule has 2 aromatic rings. The number of hydrogen-bond donors (Lipinski definition) is 1. The van der Waals surface area contributed by atoms with Crippen LogP contribution in [0, 0.1) is 21.4 Å². The Morgan fingerprint density at radius 1 is 1.42 bits per heavy atom. The molecule has 2 rings (SSSR count). The zero-order valence-corrected chi connectivity index (χ0v) is 9.91. The number of anilines is 1. The predicted molar refractivity (Wildman–Crippen MR) is 69.4 cm³/mol. The Hall–Kier alpha value is -2.94. The Balaban J connectivity index is 2.16. The third kappa shape index (κ3) is 3.04. The molecule has 0 amide bonds. The van der Waals surface area contributed by atoms with Gasteiger partial charge in [-0.2, -0.15) is 5.26 Å². The average Bonchev–Trinajstić information content (AvgIpc) is 2.46. The average molecular weight is 254 g/mol. The Kier molecular flexibility index (Phi) is 3.69. The number of hydrogen-bond acceptors (Lipinski definition) is 5. The summed E-state index contributed by atoms with van der Waals surface area (Å²) in [5, 5.41) is 22.7. The lowest BCUT2D eigenvalue weighted by atomic mass is 10.1. The molecule has 19 heavy (non-hydrogen) atoms. The van der Waals surface area contributed by atoms with Crippen LogP contribution in [0.1, 0.15) is 11.1 Å². The van der Waals surface area contributed by atoms with Crippen LogP contribution >= 0.6 is 0 Å². The molecule has 0 spiro atoms. The summed E-state index contributed by atoms with van der Waals surface area (Å²) in [5.74, 6) is 0. The minimum atomic E-state index is -0.562. The first-order valence-corrected chi connectivity index (χ1v) is 5.52. The van der Waals surface area contributed by atoms with Crippen LogP contribution in [0.3, 0.4) is 0 Å². The number of rotatable bonds is 4. The number of nitro benzene ring substituents is 1. The fraction of sp³-hybridized carbons (Fsp3) is 0.0769. The predicted octanol–water partition coefficient (Wildman–Crippen LogP) is 2.47. The van der Waals surface area contributed by atoms with Crippen molar-refractivity contribution in [3.05, 3.63) is 64.0 Å². The number of nitrogens with zero attached hydrogens (tertiary/aromatic N) is 3. The van der Waals surface area contributed by atoms with E-state index in [1.54, 1.807) is 24.5 Å². The molecule has 0 radical (unpaired) electrons. The summed E-state index contributed by atoms with van der Waals surface area (Å²) in [5.41, 5.74) is 1.42. The van der Waals surface area contributed by atoms with Crippen LogP contribution in [-0.2, 0) is 6.54 Å². The van der Waals surface area contributed by atoms with Crippen molar-refractivity contribution in [2.24, 2.45) is 0 Å². The molecule has 1 aromatic heterocycles. The van der Waals surface area contributed by atoms with Gasteiger partial charge in [0.05, 0.1) is 4.92 Å². The van der Waals surface area contributed by atoms with Crippen molar-refractivity contribution in [1.29, 1.82) is 5.26 Å². The number of nitrogens with one attached hydrogen (secondary N) is 1. The standard InChI is InChI=1S/C13H10N4O2/c14-7-11-3-4-12(6-13(11)17(18)19)16-9-10-2-1-5-15-8-10/h1-6,8,16H,9H2. The van der Waals surface area contributed by atoms with E-state index in [0.29, 0.717) is 12.2 Å². The van der Waals surface area contributed by atoms with E-state index in [1.807, 2.05) is 12.1 Å². The van der Waals surface area contributed by atoms with Gasteiger partial charge in [-0.15, -0.1) is 0 Å². The van der Waals surface area contributed by atoms with Crippen molar-refractivity contribution in [2.45, 2.75) is 6.54 Å². The summed E-state index contributed by atoms with van der Waals surface area (Å²) in [6.07, 6.45) is 3.39. The van der Waals surface area contributed by atoms with Gasteiger partial charge in [-0.05, 0) is 23.8 Å². The van der Waals surface area contributed by atoms with Gasteiger partial charge in [0.15, 0.2) is 0 Å². The Morgan fingerprint density at radius 2 is 2.26 bits per heavy atom. The van der Waals surface area contributed by atoms with Gasteiger partial charge in [0.2, 0.25) is 0 Å². The summed E-state index contributed by atoms with van der Waals surface area (Å²) < 4.78 is 0. The van der Waals surface area contributed by atoms with Crippen molar-refractivity contribution in [1.82, 2.24) is 4.98 Å². The molecule has 1 aromatic carbocycles. The second kappa shape index (κ2) is 5.60. The van der Waals surface area contributed by atoms with Crippen molar-refractivity contribution in [3.63, 3.8) is 0 Å². The monoisotopic (exact) mass is 254 g/mol. The van der Waals surface area contributed by atoms with Gasteiger partial charge >= 0.3 is 0 Å². The summed E-state index contributed by atoms with van der Waals surface area (Å²) in [7, 11) is 0. The molecule has 0 bridgehead atoms. The van der Waals surface area contributed by atoms with Gasteiger partial charge in [0.25, 0.3) is 5.69 Å². The largest absolute Gasteiger partial charge is 0.381 e. The molecule has 0 saturated carbocycles. The molecule has 6 nitrogen and oxygen atoms in total. The molecular formula is C13H10N4O2.